The minimum Gasteiger partial charge on any atom is -0.391 e. The lowest BCUT2D eigenvalue weighted by atomic mass is 10.1. The van der Waals surface area contributed by atoms with Crippen LogP contribution >= 0.6 is 11.3 Å². The van der Waals surface area contributed by atoms with Crippen molar-refractivity contribution in [1.82, 2.24) is 10.1 Å². The summed E-state index contributed by atoms with van der Waals surface area (Å²) in [5.74, 6) is 1.11. The van der Waals surface area contributed by atoms with Crippen LogP contribution in [0.1, 0.15) is 12.5 Å². The van der Waals surface area contributed by atoms with Crippen LogP contribution < -0.4 is 5.73 Å². The van der Waals surface area contributed by atoms with Gasteiger partial charge in [-0.2, -0.15) is 4.98 Å². The molecular formula is C14H13N3OS. The van der Waals surface area contributed by atoms with Crippen LogP contribution in [0.4, 0.5) is 5.00 Å². The molecule has 4 nitrogen and oxygen atoms in total. The van der Waals surface area contributed by atoms with Crippen LogP contribution in [-0.4, -0.2) is 10.1 Å². The van der Waals surface area contributed by atoms with Gasteiger partial charge in [0, 0.05) is 5.56 Å². The van der Waals surface area contributed by atoms with Gasteiger partial charge in [-0.25, -0.2) is 0 Å². The second-order valence-electron chi connectivity index (χ2n) is 4.18. The number of hydrogen-bond donors (Lipinski definition) is 1. The summed E-state index contributed by atoms with van der Waals surface area (Å²) in [4.78, 5) is 5.29. The number of anilines is 1. The topological polar surface area (TPSA) is 64.9 Å². The Morgan fingerprint density at radius 1 is 1.16 bits per heavy atom. The Morgan fingerprint density at radius 3 is 2.58 bits per heavy atom. The third kappa shape index (κ3) is 2.37. The zero-order valence-corrected chi connectivity index (χ0v) is 11.3. The minimum absolute atomic E-state index is 0.510. The van der Waals surface area contributed by atoms with Crippen molar-refractivity contribution in [2.75, 3.05) is 5.73 Å². The minimum atomic E-state index is 0.510. The van der Waals surface area contributed by atoms with Crippen molar-refractivity contribution >= 4 is 16.3 Å². The summed E-state index contributed by atoms with van der Waals surface area (Å²) in [5.41, 5.74) is 7.94. The van der Waals surface area contributed by atoms with Gasteiger partial charge in [0.2, 0.25) is 5.82 Å². The summed E-state index contributed by atoms with van der Waals surface area (Å²) in [5, 5.41) is 4.75. The Kier molecular flexibility index (Phi) is 3.05. The average molecular weight is 271 g/mol. The van der Waals surface area contributed by atoms with Crippen LogP contribution in [-0.2, 0) is 6.42 Å². The van der Waals surface area contributed by atoms with E-state index in [0.29, 0.717) is 11.7 Å². The van der Waals surface area contributed by atoms with Gasteiger partial charge in [-0.3, -0.25) is 0 Å². The van der Waals surface area contributed by atoms with Gasteiger partial charge in [-0.15, -0.1) is 11.3 Å². The molecule has 0 fully saturated rings. The van der Waals surface area contributed by atoms with E-state index < -0.39 is 0 Å². The molecule has 0 aliphatic heterocycles. The van der Waals surface area contributed by atoms with Crippen molar-refractivity contribution in [3.05, 3.63) is 42.0 Å². The van der Waals surface area contributed by atoms with Crippen LogP contribution in [0.15, 0.2) is 40.9 Å². The first-order valence-corrected chi connectivity index (χ1v) is 6.86. The summed E-state index contributed by atoms with van der Waals surface area (Å²) < 4.78 is 5.27. The van der Waals surface area contributed by atoms with Crippen molar-refractivity contribution < 1.29 is 4.52 Å². The van der Waals surface area contributed by atoms with E-state index in [1.165, 1.54) is 16.9 Å². The number of benzene rings is 1. The number of nitrogens with two attached hydrogens (primary N) is 1. The molecular weight excluding hydrogens is 258 g/mol. The number of aromatic nitrogens is 2. The lowest BCUT2D eigenvalue weighted by molar-refractivity contribution is 0.433. The van der Waals surface area contributed by atoms with Gasteiger partial charge in [-0.05, 0) is 24.1 Å². The highest BCUT2D eigenvalue weighted by atomic mass is 32.1. The van der Waals surface area contributed by atoms with Gasteiger partial charge in [0.15, 0.2) is 0 Å². The molecule has 3 aromatic rings. The fourth-order valence-electron chi connectivity index (χ4n) is 1.80. The third-order valence-electron chi connectivity index (χ3n) is 2.88. The summed E-state index contributed by atoms with van der Waals surface area (Å²) in [6, 6.07) is 11.9. The molecule has 3 rings (SSSR count). The van der Waals surface area contributed by atoms with Gasteiger partial charge in [0.1, 0.15) is 0 Å². The Bertz CT molecular complexity index is 685. The molecule has 0 unspecified atom stereocenters. The second kappa shape index (κ2) is 4.85. The molecule has 2 aromatic heterocycles. The molecule has 0 aliphatic carbocycles. The van der Waals surface area contributed by atoms with Gasteiger partial charge in [-0.1, -0.05) is 36.3 Å². The highest BCUT2D eigenvalue weighted by molar-refractivity contribution is 7.19. The maximum absolute atomic E-state index is 5.69. The number of nitrogen functional groups attached to an aromatic ring is 1. The van der Waals surface area contributed by atoms with Crippen molar-refractivity contribution in [3.63, 3.8) is 0 Å². The molecule has 0 amide bonds. The maximum Gasteiger partial charge on any atom is 0.268 e. The Hall–Kier alpha value is -2.14. The highest BCUT2D eigenvalue weighted by Crippen LogP contribution is 2.29. The lowest BCUT2D eigenvalue weighted by Gasteiger charge is -1.97. The number of hydrogen-bond acceptors (Lipinski definition) is 5. The largest absolute Gasteiger partial charge is 0.391 e. The molecule has 0 spiro atoms. The smallest absolute Gasteiger partial charge is 0.268 e. The Balaban J connectivity index is 1.91. The van der Waals surface area contributed by atoms with E-state index in [4.69, 9.17) is 10.3 Å². The van der Waals surface area contributed by atoms with E-state index in [1.807, 2.05) is 24.3 Å². The predicted molar refractivity (Wildman–Crippen MR) is 76.8 cm³/mol. The summed E-state index contributed by atoms with van der Waals surface area (Å²) in [7, 11) is 0. The van der Waals surface area contributed by atoms with E-state index in [2.05, 4.69) is 29.2 Å². The van der Waals surface area contributed by atoms with Crippen LogP contribution in [0.25, 0.3) is 22.2 Å². The predicted octanol–water partition coefficient (Wildman–Crippen LogP) is 3.61. The molecule has 0 saturated carbocycles. The SMILES string of the molecule is CCc1ccc(-c2noc(-c3ccc(N)s3)n2)cc1. The number of aryl methyl sites for hydroxylation is 1. The fourth-order valence-corrected chi connectivity index (χ4v) is 2.49. The maximum atomic E-state index is 5.69. The molecule has 0 atom stereocenters. The molecule has 5 heteroatoms. The zero-order valence-electron chi connectivity index (χ0n) is 10.5. The number of nitrogens with zero attached hydrogens (tertiary/aromatic N) is 2. The van der Waals surface area contributed by atoms with Crippen molar-refractivity contribution in [1.29, 1.82) is 0 Å². The van der Waals surface area contributed by atoms with Crippen molar-refractivity contribution in [2.45, 2.75) is 13.3 Å². The highest BCUT2D eigenvalue weighted by Gasteiger charge is 2.12. The fraction of sp³-hybridized carbons (Fsp3) is 0.143. The van der Waals surface area contributed by atoms with Crippen LogP contribution in [0.2, 0.25) is 0 Å². The Labute approximate surface area is 114 Å². The van der Waals surface area contributed by atoms with Gasteiger partial charge in [0.05, 0.1) is 9.88 Å². The molecule has 0 radical (unpaired) electrons. The Morgan fingerprint density at radius 2 is 1.95 bits per heavy atom. The van der Waals surface area contributed by atoms with Crippen LogP contribution in [0.5, 0.6) is 0 Å². The number of thiophene rings is 1. The van der Waals surface area contributed by atoms with E-state index in [9.17, 15) is 0 Å². The van der Waals surface area contributed by atoms with E-state index in [0.717, 1.165) is 21.9 Å². The van der Waals surface area contributed by atoms with Gasteiger partial charge >= 0.3 is 0 Å². The van der Waals surface area contributed by atoms with E-state index >= 15 is 0 Å². The first-order chi connectivity index (χ1) is 9.26. The monoisotopic (exact) mass is 271 g/mol. The quantitative estimate of drug-likeness (QED) is 0.790. The average Bonchev–Trinajstić information content (AvgIpc) is 3.07. The summed E-state index contributed by atoms with van der Waals surface area (Å²) in [6.45, 7) is 2.13. The third-order valence-corrected chi connectivity index (χ3v) is 3.79. The molecule has 0 bridgehead atoms. The van der Waals surface area contributed by atoms with E-state index in [-0.39, 0.29) is 0 Å². The van der Waals surface area contributed by atoms with Gasteiger partial charge < -0.3 is 10.3 Å². The molecule has 0 saturated heterocycles. The van der Waals surface area contributed by atoms with E-state index in [1.54, 1.807) is 0 Å². The van der Waals surface area contributed by atoms with Gasteiger partial charge in [0.25, 0.3) is 5.89 Å². The molecule has 0 aliphatic rings. The summed E-state index contributed by atoms with van der Waals surface area (Å²) >= 11 is 1.44. The van der Waals surface area contributed by atoms with Crippen molar-refractivity contribution in [2.24, 2.45) is 0 Å². The second-order valence-corrected chi connectivity index (χ2v) is 5.29. The molecule has 1 aromatic carbocycles. The van der Waals surface area contributed by atoms with Crippen LogP contribution in [0.3, 0.4) is 0 Å². The summed E-state index contributed by atoms with van der Waals surface area (Å²) in [6.07, 6.45) is 1.02. The standard InChI is InChI=1S/C14H13N3OS/c1-2-9-3-5-10(6-4-9)13-16-14(18-17-13)11-7-8-12(15)19-11/h3-8H,2,15H2,1H3. The molecule has 19 heavy (non-hydrogen) atoms. The lowest BCUT2D eigenvalue weighted by Crippen LogP contribution is -1.83. The first kappa shape index (κ1) is 11.9. The molecule has 96 valence electrons. The van der Waals surface area contributed by atoms with Crippen molar-refractivity contribution in [3.8, 4) is 22.2 Å². The zero-order chi connectivity index (χ0) is 13.2. The van der Waals surface area contributed by atoms with Crippen LogP contribution in [0, 0.1) is 0 Å². The number of rotatable bonds is 3. The molecule has 2 heterocycles. The molecule has 2 N–H and O–H groups in total. The first-order valence-electron chi connectivity index (χ1n) is 6.05. The normalized spacial score (nSPS) is 10.8.